The van der Waals surface area contributed by atoms with Crippen LogP contribution in [0.15, 0.2) is 5.16 Å². The minimum atomic E-state index is -0.118. The molecule has 0 bridgehead atoms. The maximum atomic E-state index is 12.5. The average molecular weight is 331 g/mol. The largest absolute Gasteiger partial charge is 0.399 e. The minimum Gasteiger partial charge on any atom is -0.399 e. The second-order valence-corrected chi connectivity index (χ2v) is 9.07. The summed E-state index contributed by atoms with van der Waals surface area (Å²) in [6, 6.07) is 0. The molecule has 4 aliphatic rings. The average Bonchev–Trinajstić information content (AvgIpc) is 2.85. The first-order chi connectivity index (χ1) is 11.4. The number of hydrogen-bond donors (Lipinski definition) is 0. The SMILES string of the molecule is CON=C1C[C@@H]2[C@H](CC[C@]3(C)C(=O)CC[C@@H]23)[C@@]2(C)CCC(=O)C[C@H]12. The first-order valence-corrected chi connectivity index (χ1v) is 9.55. The first-order valence-electron chi connectivity index (χ1n) is 9.55. The third kappa shape index (κ3) is 2.07. The maximum absolute atomic E-state index is 12.5. The summed E-state index contributed by atoms with van der Waals surface area (Å²) in [5, 5.41) is 4.37. The summed E-state index contributed by atoms with van der Waals surface area (Å²) >= 11 is 0. The topological polar surface area (TPSA) is 55.7 Å². The molecule has 0 unspecified atom stereocenters. The van der Waals surface area contributed by atoms with E-state index in [4.69, 9.17) is 4.84 Å². The van der Waals surface area contributed by atoms with Crippen molar-refractivity contribution in [3.63, 3.8) is 0 Å². The third-order valence-corrected chi connectivity index (χ3v) is 8.22. The Morgan fingerprint density at radius 1 is 1.04 bits per heavy atom. The number of carbonyl (C=O) groups is 2. The summed E-state index contributed by atoms with van der Waals surface area (Å²) < 4.78 is 0. The summed E-state index contributed by atoms with van der Waals surface area (Å²) in [6.07, 6.45) is 7.17. The summed E-state index contributed by atoms with van der Waals surface area (Å²) in [6.45, 7) is 4.58. The molecule has 0 heterocycles. The molecule has 0 radical (unpaired) electrons. The lowest BCUT2D eigenvalue weighted by Gasteiger charge is -2.59. The van der Waals surface area contributed by atoms with E-state index in [0.717, 1.165) is 44.2 Å². The molecule has 132 valence electrons. The van der Waals surface area contributed by atoms with Crippen molar-refractivity contribution in [2.75, 3.05) is 7.11 Å². The van der Waals surface area contributed by atoms with Gasteiger partial charge in [-0.15, -0.1) is 0 Å². The third-order valence-electron chi connectivity index (χ3n) is 8.22. The molecular formula is C20H29NO3. The van der Waals surface area contributed by atoms with E-state index in [2.05, 4.69) is 19.0 Å². The van der Waals surface area contributed by atoms with Crippen molar-refractivity contribution in [1.82, 2.24) is 0 Å². The van der Waals surface area contributed by atoms with E-state index < -0.39 is 0 Å². The zero-order chi connectivity index (χ0) is 17.1. The predicted octanol–water partition coefficient (Wildman–Crippen LogP) is 3.78. The van der Waals surface area contributed by atoms with E-state index in [1.165, 1.54) is 0 Å². The smallest absolute Gasteiger partial charge is 0.139 e. The Balaban J connectivity index is 1.74. The van der Waals surface area contributed by atoms with Crippen LogP contribution in [0.25, 0.3) is 0 Å². The van der Waals surface area contributed by atoms with Gasteiger partial charge in [-0.3, -0.25) is 9.59 Å². The van der Waals surface area contributed by atoms with E-state index in [-0.39, 0.29) is 16.7 Å². The molecule has 0 aliphatic heterocycles. The van der Waals surface area contributed by atoms with Crippen molar-refractivity contribution >= 4 is 17.3 Å². The van der Waals surface area contributed by atoms with Gasteiger partial charge in [-0.05, 0) is 55.3 Å². The Kier molecular flexibility index (Phi) is 3.67. The molecule has 0 spiro atoms. The normalized spacial score (nSPS) is 49.5. The highest BCUT2D eigenvalue weighted by atomic mass is 16.6. The summed E-state index contributed by atoms with van der Waals surface area (Å²) in [5.74, 6) is 2.72. The van der Waals surface area contributed by atoms with Crippen LogP contribution in [0.1, 0.15) is 65.2 Å². The van der Waals surface area contributed by atoms with Crippen molar-refractivity contribution in [1.29, 1.82) is 0 Å². The Labute approximate surface area is 144 Å². The molecule has 4 fully saturated rings. The highest BCUT2D eigenvalue weighted by Crippen LogP contribution is 2.64. The fraction of sp³-hybridized carbons (Fsp3) is 0.850. The number of rotatable bonds is 1. The van der Waals surface area contributed by atoms with Crippen molar-refractivity contribution < 1.29 is 14.4 Å². The minimum absolute atomic E-state index is 0.118. The summed E-state index contributed by atoms with van der Waals surface area (Å²) in [7, 11) is 1.60. The van der Waals surface area contributed by atoms with Gasteiger partial charge in [-0.25, -0.2) is 0 Å². The van der Waals surface area contributed by atoms with E-state index >= 15 is 0 Å². The van der Waals surface area contributed by atoms with Crippen LogP contribution in [0.3, 0.4) is 0 Å². The highest BCUT2D eigenvalue weighted by Gasteiger charge is 2.61. The molecule has 24 heavy (non-hydrogen) atoms. The van der Waals surface area contributed by atoms with Gasteiger partial charge in [0, 0.05) is 30.6 Å². The van der Waals surface area contributed by atoms with Gasteiger partial charge >= 0.3 is 0 Å². The van der Waals surface area contributed by atoms with Crippen molar-refractivity contribution in [2.45, 2.75) is 65.2 Å². The fourth-order valence-electron chi connectivity index (χ4n) is 6.85. The van der Waals surface area contributed by atoms with Crippen LogP contribution in [0.4, 0.5) is 0 Å². The molecular weight excluding hydrogens is 302 g/mol. The van der Waals surface area contributed by atoms with Crippen LogP contribution >= 0.6 is 0 Å². The van der Waals surface area contributed by atoms with Crippen LogP contribution in [0.5, 0.6) is 0 Å². The second-order valence-electron chi connectivity index (χ2n) is 9.07. The van der Waals surface area contributed by atoms with Crippen LogP contribution in [-0.4, -0.2) is 24.4 Å². The van der Waals surface area contributed by atoms with E-state index in [1.807, 2.05) is 0 Å². The molecule has 0 N–H and O–H groups in total. The Morgan fingerprint density at radius 3 is 2.58 bits per heavy atom. The zero-order valence-corrected chi connectivity index (χ0v) is 15.1. The molecule has 0 amide bonds. The zero-order valence-electron chi connectivity index (χ0n) is 15.1. The number of ketones is 2. The molecule has 0 aromatic rings. The number of fused-ring (bicyclic) bond motifs is 5. The second kappa shape index (κ2) is 5.40. The van der Waals surface area contributed by atoms with Gasteiger partial charge in [-0.2, -0.15) is 0 Å². The summed E-state index contributed by atoms with van der Waals surface area (Å²) in [5.41, 5.74) is 1.10. The van der Waals surface area contributed by atoms with Gasteiger partial charge in [0.2, 0.25) is 0 Å². The molecule has 4 rings (SSSR count). The molecule has 4 nitrogen and oxygen atoms in total. The lowest BCUT2D eigenvalue weighted by molar-refractivity contribution is -0.136. The molecule has 0 aromatic carbocycles. The predicted molar refractivity (Wildman–Crippen MR) is 91.6 cm³/mol. The molecule has 4 aliphatic carbocycles. The standard InChI is InChI=1S/C20H29NO3/c1-19-8-6-12(22)10-16(19)17(21-24-3)11-13-14-4-5-18(23)20(14,2)9-7-15(13)19/h13-16H,4-11H2,1-3H3/t13-,14-,15-,16+,19+,20-/m0/s1. The Hall–Kier alpha value is -1.19. The lowest BCUT2D eigenvalue weighted by atomic mass is 9.45. The molecule has 4 saturated carbocycles. The lowest BCUT2D eigenvalue weighted by Crippen LogP contribution is -2.56. The van der Waals surface area contributed by atoms with Crippen molar-refractivity contribution in [3.05, 3.63) is 0 Å². The van der Waals surface area contributed by atoms with Crippen molar-refractivity contribution in [2.24, 2.45) is 39.7 Å². The summed E-state index contributed by atoms with van der Waals surface area (Å²) in [4.78, 5) is 29.8. The number of carbonyl (C=O) groups excluding carboxylic acids is 2. The van der Waals surface area contributed by atoms with Gasteiger partial charge in [-0.1, -0.05) is 19.0 Å². The van der Waals surface area contributed by atoms with Crippen LogP contribution in [0, 0.1) is 34.5 Å². The quantitative estimate of drug-likeness (QED) is 0.687. The van der Waals surface area contributed by atoms with E-state index in [0.29, 0.717) is 42.2 Å². The number of oxime groups is 1. The Morgan fingerprint density at radius 2 is 1.83 bits per heavy atom. The van der Waals surface area contributed by atoms with Gasteiger partial charge in [0.25, 0.3) is 0 Å². The molecule has 0 aromatic heterocycles. The fourth-order valence-corrected chi connectivity index (χ4v) is 6.85. The van der Waals surface area contributed by atoms with Gasteiger partial charge < -0.3 is 4.84 Å². The number of Topliss-reactive ketones (excluding diaryl/α,β-unsaturated/α-hetero) is 2. The van der Waals surface area contributed by atoms with E-state index in [9.17, 15) is 9.59 Å². The molecule has 4 heteroatoms. The molecule has 6 atom stereocenters. The number of hydrogen-bond acceptors (Lipinski definition) is 4. The van der Waals surface area contributed by atoms with Crippen molar-refractivity contribution in [3.8, 4) is 0 Å². The molecule has 0 saturated heterocycles. The van der Waals surface area contributed by atoms with Gasteiger partial charge in [0.15, 0.2) is 0 Å². The van der Waals surface area contributed by atoms with Gasteiger partial charge in [0.05, 0.1) is 5.71 Å². The van der Waals surface area contributed by atoms with Crippen LogP contribution < -0.4 is 0 Å². The van der Waals surface area contributed by atoms with Crippen LogP contribution in [0.2, 0.25) is 0 Å². The maximum Gasteiger partial charge on any atom is 0.139 e. The number of nitrogens with zero attached hydrogens (tertiary/aromatic N) is 1. The monoisotopic (exact) mass is 331 g/mol. The van der Waals surface area contributed by atoms with Crippen LogP contribution in [-0.2, 0) is 14.4 Å². The van der Waals surface area contributed by atoms with E-state index in [1.54, 1.807) is 7.11 Å². The highest BCUT2D eigenvalue weighted by molar-refractivity contribution is 5.94. The Bertz CT molecular complexity index is 612. The van der Waals surface area contributed by atoms with Gasteiger partial charge in [0.1, 0.15) is 18.7 Å². The first kappa shape index (κ1) is 16.3.